The first-order chi connectivity index (χ1) is 9.38. The summed E-state index contributed by atoms with van der Waals surface area (Å²) in [7, 11) is 0. The van der Waals surface area contributed by atoms with Gasteiger partial charge >= 0.3 is 0 Å². The maximum absolute atomic E-state index is 13.5. The predicted octanol–water partition coefficient (Wildman–Crippen LogP) is 4.32. The molecular formula is C13H8BrF4NO. The molecule has 0 fully saturated rings. The van der Waals surface area contributed by atoms with Crippen LogP contribution in [0, 0.1) is 23.3 Å². The van der Waals surface area contributed by atoms with Gasteiger partial charge in [0.05, 0.1) is 10.2 Å². The van der Waals surface area contributed by atoms with Crippen molar-refractivity contribution in [3.8, 4) is 5.75 Å². The molecule has 0 atom stereocenters. The van der Waals surface area contributed by atoms with Gasteiger partial charge in [0.25, 0.3) is 0 Å². The molecule has 0 bridgehead atoms. The van der Waals surface area contributed by atoms with Gasteiger partial charge in [-0.3, -0.25) is 0 Å². The zero-order valence-electron chi connectivity index (χ0n) is 9.85. The third-order valence-electron chi connectivity index (χ3n) is 2.57. The second-order valence-corrected chi connectivity index (χ2v) is 4.86. The van der Waals surface area contributed by atoms with E-state index in [1.165, 1.54) is 0 Å². The predicted molar refractivity (Wildman–Crippen MR) is 69.4 cm³/mol. The maximum atomic E-state index is 13.5. The topological polar surface area (TPSA) is 32.3 Å². The van der Waals surface area contributed by atoms with Gasteiger partial charge in [0, 0.05) is 12.6 Å². The molecule has 2 nitrogen and oxygen atoms in total. The van der Waals surface area contributed by atoms with Crippen molar-refractivity contribution in [2.24, 2.45) is 0 Å². The molecule has 0 saturated heterocycles. The van der Waals surface area contributed by atoms with Crippen LogP contribution in [0.3, 0.4) is 0 Å². The van der Waals surface area contributed by atoms with Crippen LogP contribution < -0.4 is 5.32 Å². The summed E-state index contributed by atoms with van der Waals surface area (Å²) < 4.78 is 53.0. The first-order valence-corrected chi connectivity index (χ1v) is 6.23. The highest BCUT2D eigenvalue weighted by molar-refractivity contribution is 9.10. The largest absolute Gasteiger partial charge is 0.503 e. The van der Waals surface area contributed by atoms with E-state index in [4.69, 9.17) is 5.11 Å². The van der Waals surface area contributed by atoms with E-state index in [0.717, 1.165) is 24.3 Å². The molecule has 2 rings (SSSR count). The molecule has 2 N–H and O–H groups in total. The van der Waals surface area contributed by atoms with Crippen molar-refractivity contribution in [1.29, 1.82) is 0 Å². The molecule has 0 aliphatic rings. The van der Waals surface area contributed by atoms with Crippen LogP contribution in [-0.4, -0.2) is 5.11 Å². The molecule has 20 heavy (non-hydrogen) atoms. The molecule has 0 amide bonds. The van der Waals surface area contributed by atoms with Gasteiger partial charge in [-0.05, 0) is 39.7 Å². The second-order valence-electron chi connectivity index (χ2n) is 4.01. The van der Waals surface area contributed by atoms with E-state index in [1.54, 1.807) is 0 Å². The van der Waals surface area contributed by atoms with Crippen molar-refractivity contribution < 1.29 is 22.7 Å². The third-order valence-corrected chi connectivity index (χ3v) is 3.18. The molecule has 2 aromatic rings. The van der Waals surface area contributed by atoms with Crippen LogP contribution >= 0.6 is 15.9 Å². The lowest BCUT2D eigenvalue weighted by atomic mass is 10.2. The first-order valence-electron chi connectivity index (χ1n) is 5.44. The van der Waals surface area contributed by atoms with Gasteiger partial charge in [-0.2, -0.15) is 0 Å². The molecule has 0 aliphatic heterocycles. The molecule has 0 unspecified atom stereocenters. The van der Waals surface area contributed by atoms with Crippen molar-refractivity contribution in [3.63, 3.8) is 0 Å². The van der Waals surface area contributed by atoms with E-state index in [1.807, 2.05) is 0 Å². The van der Waals surface area contributed by atoms with Crippen molar-refractivity contribution >= 4 is 21.6 Å². The van der Waals surface area contributed by atoms with Gasteiger partial charge in [0.2, 0.25) is 0 Å². The molecule has 0 radical (unpaired) electrons. The van der Waals surface area contributed by atoms with E-state index in [9.17, 15) is 17.6 Å². The highest BCUT2D eigenvalue weighted by Crippen LogP contribution is 2.25. The van der Waals surface area contributed by atoms with Crippen molar-refractivity contribution in [2.75, 3.05) is 5.32 Å². The molecular weight excluding hydrogens is 342 g/mol. The summed E-state index contributed by atoms with van der Waals surface area (Å²) in [5.41, 5.74) is 0.000109. The Balaban J connectivity index is 2.19. The summed E-state index contributed by atoms with van der Waals surface area (Å²) in [5.74, 6) is -4.70. The van der Waals surface area contributed by atoms with Crippen LogP contribution in [0.5, 0.6) is 5.75 Å². The summed E-state index contributed by atoms with van der Waals surface area (Å²) in [5, 5.41) is 11.5. The van der Waals surface area contributed by atoms with Gasteiger partial charge in [0.15, 0.2) is 17.4 Å². The SMILES string of the molecule is Oc1c(F)cc(CNc2cc(F)c(Br)cc2F)cc1F. The standard InChI is InChI=1S/C13H8BrF4NO/c14-7-3-9(16)12(4-8(7)15)19-5-6-1-10(17)13(20)11(18)2-6/h1-4,19-20H,5H2. The third kappa shape index (κ3) is 3.04. The van der Waals surface area contributed by atoms with Gasteiger partial charge in [-0.25, -0.2) is 17.6 Å². The average Bonchev–Trinajstić information content (AvgIpc) is 2.38. The van der Waals surface area contributed by atoms with E-state index in [-0.39, 0.29) is 22.3 Å². The van der Waals surface area contributed by atoms with Crippen LogP contribution in [-0.2, 0) is 6.54 Å². The Labute approximate surface area is 120 Å². The average molecular weight is 350 g/mol. The number of phenols is 1. The molecule has 0 spiro atoms. The van der Waals surface area contributed by atoms with Gasteiger partial charge < -0.3 is 10.4 Å². The van der Waals surface area contributed by atoms with Crippen LogP contribution in [0.1, 0.15) is 5.56 Å². The van der Waals surface area contributed by atoms with Crippen LogP contribution in [0.15, 0.2) is 28.7 Å². The van der Waals surface area contributed by atoms with Crippen molar-refractivity contribution in [2.45, 2.75) is 6.54 Å². The normalized spacial score (nSPS) is 10.7. The maximum Gasteiger partial charge on any atom is 0.187 e. The minimum absolute atomic E-state index is 0.0257. The zero-order valence-corrected chi connectivity index (χ0v) is 11.4. The van der Waals surface area contributed by atoms with Gasteiger partial charge in [-0.1, -0.05) is 0 Å². The number of phenolic OH excluding ortho intramolecular Hbond substituents is 1. The summed E-state index contributed by atoms with van der Waals surface area (Å²) in [4.78, 5) is 0. The van der Waals surface area contributed by atoms with E-state index >= 15 is 0 Å². The number of rotatable bonds is 3. The number of benzene rings is 2. The lowest BCUT2D eigenvalue weighted by Gasteiger charge is -2.09. The summed E-state index contributed by atoms with van der Waals surface area (Å²) in [6.45, 7) is -0.133. The number of hydrogen-bond acceptors (Lipinski definition) is 2. The Morgan fingerprint density at radius 3 is 2.10 bits per heavy atom. The number of aromatic hydroxyl groups is 1. The molecule has 0 heterocycles. The quantitative estimate of drug-likeness (QED) is 0.638. The monoisotopic (exact) mass is 349 g/mol. The van der Waals surface area contributed by atoms with Gasteiger partial charge in [0.1, 0.15) is 11.6 Å². The zero-order chi connectivity index (χ0) is 14.9. The van der Waals surface area contributed by atoms with Gasteiger partial charge in [-0.15, -0.1) is 0 Å². The smallest absolute Gasteiger partial charge is 0.187 e. The van der Waals surface area contributed by atoms with Crippen LogP contribution in [0.4, 0.5) is 23.2 Å². The Hall–Kier alpha value is -1.76. The second kappa shape index (κ2) is 5.70. The highest BCUT2D eigenvalue weighted by atomic mass is 79.9. The minimum Gasteiger partial charge on any atom is -0.503 e. The number of nitrogens with one attached hydrogen (secondary N) is 1. The van der Waals surface area contributed by atoms with E-state index < -0.39 is 29.0 Å². The molecule has 106 valence electrons. The van der Waals surface area contributed by atoms with Crippen LogP contribution in [0.25, 0.3) is 0 Å². The Kier molecular flexibility index (Phi) is 4.17. The fraction of sp³-hybridized carbons (Fsp3) is 0.0769. The van der Waals surface area contributed by atoms with E-state index in [2.05, 4.69) is 21.2 Å². The van der Waals surface area contributed by atoms with Crippen molar-refractivity contribution in [1.82, 2.24) is 0 Å². The molecule has 7 heteroatoms. The number of anilines is 1. The highest BCUT2D eigenvalue weighted by Gasteiger charge is 2.11. The first kappa shape index (κ1) is 14.6. The molecule has 0 saturated carbocycles. The minimum atomic E-state index is -1.12. The van der Waals surface area contributed by atoms with Crippen molar-refractivity contribution in [3.05, 3.63) is 57.6 Å². The Bertz CT molecular complexity index is 640. The summed E-state index contributed by atoms with van der Waals surface area (Å²) >= 11 is 2.83. The molecule has 0 aliphatic carbocycles. The van der Waals surface area contributed by atoms with E-state index in [0.29, 0.717) is 0 Å². The molecule has 2 aromatic carbocycles. The Morgan fingerprint density at radius 1 is 0.900 bits per heavy atom. The lowest BCUT2D eigenvalue weighted by molar-refractivity contribution is 0.395. The summed E-state index contributed by atoms with van der Waals surface area (Å²) in [6.07, 6.45) is 0. The summed E-state index contributed by atoms with van der Waals surface area (Å²) in [6, 6.07) is 3.67. The fourth-order valence-corrected chi connectivity index (χ4v) is 1.89. The number of hydrogen-bond donors (Lipinski definition) is 2. The number of halogens is 5. The lowest BCUT2D eigenvalue weighted by Crippen LogP contribution is -2.03. The Morgan fingerprint density at radius 2 is 1.50 bits per heavy atom. The fourth-order valence-electron chi connectivity index (χ4n) is 1.58. The van der Waals surface area contributed by atoms with Crippen LogP contribution in [0.2, 0.25) is 0 Å². The molecule has 0 aromatic heterocycles.